The van der Waals surface area contributed by atoms with Crippen molar-refractivity contribution in [2.24, 2.45) is 7.05 Å². The summed E-state index contributed by atoms with van der Waals surface area (Å²) in [5.74, 6) is 0.00430. The van der Waals surface area contributed by atoms with E-state index in [1.807, 2.05) is 49.1 Å². The molecular weight excluding hydrogens is 338 g/mol. The molecule has 0 saturated heterocycles. The van der Waals surface area contributed by atoms with Crippen LogP contribution in [0.2, 0.25) is 0 Å². The molecule has 1 atom stereocenters. The fourth-order valence-corrected chi connectivity index (χ4v) is 3.74. The highest BCUT2D eigenvalue weighted by molar-refractivity contribution is 5.94. The molecule has 3 rings (SSSR count). The van der Waals surface area contributed by atoms with Gasteiger partial charge in [-0.15, -0.1) is 0 Å². The predicted octanol–water partition coefficient (Wildman–Crippen LogP) is 1.70. The summed E-state index contributed by atoms with van der Waals surface area (Å²) < 4.78 is 1.90. The van der Waals surface area contributed by atoms with Crippen molar-refractivity contribution < 1.29 is 4.79 Å². The smallest absolute Gasteiger partial charge is 0.274 e. The summed E-state index contributed by atoms with van der Waals surface area (Å²) in [5, 5.41) is 8.22. The fourth-order valence-electron chi connectivity index (χ4n) is 3.74. The second kappa shape index (κ2) is 8.67. The van der Waals surface area contributed by atoms with E-state index in [-0.39, 0.29) is 5.91 Å². The van der Waals surface area contributed by atoms with Crippen LogP contribution in [0.5, 0.6) is 0 Å². The third kappa shape index (κ3) is 4.76. The zero-order valence-corrected chi connectivity index (χ0v) is 16.9. The highest BCUT2D eigenvalue weighted by Crippen LogP contribution is 2.25. The number of likely N-dealkylation sites (N-methyl/N-ethyl adjacent to an activating group) is 1. The lowest BCUT2D eigenvalue weighted by molar-refractivity contribution is 0.0777. The van der Waals surface area contributed by atoms with Gasteiger partial charge >= 0.3 is 0 Å². The van der Waals surface area contributed by atoms with Gasteiger partial charge in [-0.1, -0.05) is 30.3 Å². The summed E-state index contributed by atoms with van der Waals surface area (Å²) in [6, 6.07) is 10.5. The summed E-state index contributed by atoms with van der Waals surface area (Å²) in [6.45, 7) is 2.57. The van der Waals surface area contributed by atoms with Crippen LogP contribution in [0.15, 0.2) is 30.3 Å². The van der Waals surface area contributed by atoms with Crippen molar-refractivity contribution in [1.82, 2.24) is 24.9 Å². The van der Waals surface area contributed by atoms with Gasteiger partial charge < -0.3 is 15.1 Å². The molecule has 0 saturated carbocycles. The Labute approximate surface area is 162 Å². The molecule has 146 valence electrons. The van der Waals surface area contributed by atoms with Crippen molar-refractivity contribution in [2.45, 2.75) is 31.8 Å². The summed E-state index contributed by atoms with van der Waals surface area (Å²) in [5.41, 5.74) is 4.07. The molecule has 27 heavy (non-hydrogen) atoms. The summed E-state index contributed by atoms with van der Waals surface area (Å²) in [6.07, 6.45) is 2.93. The number of benzene rings is 1. The van der Waals surface area contributed by atoms with E-state index in [4.69, 9.17) is 0 Å². The number of aryl methyl sites for hydroxylation is 1. The van der Waals surface area contributed by atoms with Crippen LogP contribution in [0.3, 0.4) is 0 Å². The number of nitrogens with one attached hydrogen (secondary N) is 1. The Balaban J connectivity index is 1.71. The molecule has 1 aliphatic carbocycles. The summed E-state index contributed by atoms with van der Waals surface area (Å²) in [7, 11) is 7.97. The average molecular weight is 370 g/mol. The fraction of sp³-hybridized carbons (Fsp3) is 0.524. The maximum Gasteiger partial charge on any atom is 0.274 e. The number of aromatic nitrogens is 2. The normalized spacial score (nSPS) is 16.4. The standard InChI is InChI=1S/C21H31N5O/c1-24(2)13-12-22-17-10-11-19-18(14-17)20(23-26(19)4)21(27)25(3)15-16-8-6-5-7-9-16/h5-9,17,22H,10-15H2,1-4H3. The molecule has 0 spiro atoms. The quantitative estimate of drug-likeness (QED) is 0.807. The maximum atomic E-state index is 13.1. The van der Waals surface area contributed by atoms with Crippen LogP contribution in [0.4, 0.5) is 0 Å². The maximum absolute atomic E-state index is 13.1. The third-order valence-corrected chi connectivity index (χ3v) is 5.26. The van der Waals surface area contributed by atoms with E-state index < -0.39 is 0 Å². The van der Waals surface area contributed by atoms with Crippen molar-refractivity contribution >= 4 is 5.91 Å². The minimum absolute atomic E-state index is 0.00430. The van der Waals surface area contributed by atoms with Crippen LogP contribution in [-0.4, -0.2) is 65.8 Å². The Morgan fingerprint density at radius 1 is 1.26 bits per heavy atom. The van der Waals surface area contributed by atoms with Crippen LogP contribution < -0.4 is 5.32 Å². The molecule has 1 aromatic carbocycles. The molecule has 6 nitrogen and oxygen atoms in total. The van der Waals surface area contributed by atoms with Gasteiger partial charge in [0.25, 0.3) is 5.91 Å². The van der Waals surface area contributed by atoms with Gasteiger partial charge in [-0.05, 0) is 38.9 Å². The number of carbonyl (C=O) groups is 1. The summed E-state index contributed by atoms with van der Waals surface area (Å²) >= 11 is 0. The minimum atomic E-state index is 0.00430. The molecule has 1 unspecified atom stereocenters. The third-order valence-electron chi connectivity index (χ3n) is 5.26. The lowest BCUT2D eigenvalue weighted by Gasteiger charge is -2.25. The minimum Gasteiger partial charge on any atom is -0.336 e. The molecule has 1 amide bonds. The molecule has 1 aromatic heterocycles. The Kier molecular flexibility index (Phi) is 6.29. The number of amides is 1. The van der Waals surface area contributed by atoms with E-state index in [2.05, 4.69) is 29.4 Å². The molecule has 0 fully saturated rings. The second-order valence-corrected chi connectivity index (χ2v) is 7.74. The van der Waals surface area contributed by atoms with E-state index in [1.54, 1.807) is 4.90 Å². The van der Waals surface area contributed by atoms with Crippen LogP contribution in [0.25, 0.3) is 0 Å². The van der Waals surface area contributed by atoms with Crippen LogP contribution >= 0.6 is 0 Å². The van der Waals surface area contributed by atoms with Gasteiger partial charge in [0.05, 0.1) is 0 Å². The van der Waals surface area contributed by atoms with Crippen LogP contribution in [-0.2, 0) is 26.4 Å². The molecular formula is C21H31N5O. The second-order valence-electron chi connectivity index (χ2n) is 7.74. The zero-order valence-electron chi connectivity index (χ0n) is 16.9. The van der Waals surface area contributed by atoms with Crippen molar-refractivity contribution in [3.63, 3.8) is 0 Å². The first-order chi connectivity index (χ1) is 13.0. The number of nitrogens with zero attached hydrogens (tertiary/aromatic N) is 4. The van der Waals surface area contributed by atoms with E-state index in [9.17, 15) is 4.79 Å². The van der Waals surface area contributed by atoms with Gasteiger partial charge in [-0.25, -0.2) is 0 Å². The van der Waals surface area contributed by atoms with Crippen LogP contribution in [0.1, 0.15) is 33.7 Å². The molecule has 1 heterocycles. The lowest BCUT2D eigenvalue weighted by Crippen LogP contribution is -2.39. The summed E-state index contributed by atoms with van der Waals surface area (Å²) in [4.78, 5) is 17.0. The molecule has 2 aromatic rings. The Bertz CT molecular complexity index is 768. The van der Waals surface area contributed by atoms with Gasteiger partial charge in [-0.3, -0.25) is 9.48 Å². The Morgan fingerprint density at radius 3 is 2.70 bits per heavy atom. The molecule has 6 heteroatoms. The first-order valence-electron chi connectivity index (χ1n) is 9.68. The van der Waals surface area contributed by atoms with Gasteiger partial charge in [0.1, 0.15) is 0 Å². The number of hydrogen-bond donors (Lipinski definition) is 1. The molecule has 1 N–H and O–H groups in total. The monoisotopic (exact) mass is 369 g/mol. The Hall–Kier alpha value is -2.18. The van der Waals surface area contributed by atoms with Gasteiger partial charge in [0, 0.05) is 51.0 Å². The molecule has 0 bridgehead atoms. The first kappa shape index (κ1) is 19.6. The van der Waals surface area contributed by atoms with Gasteiger partial charge in [-0.2, -0.15) is 5.10 Å². The number of fused-ring (bicyclic) bond motifs is 1. The molecule has 1 aliphatic rings. The lowest BCUT2D eigenvalue weighted by atomic mass is 9.91. The van der Waals surface area contributed by atoms with Crippen molar-refractivity contribution in [2.75, 3.05) is 34.2 Å². The first-order valence-corrected chi connectivity index (χ1v) is 9.68. The van der Waals surface area contributed by atoms with E-state index in [1.165, 1.54) is 5.69 Å². The number of carbonyl (C=O) groups excluding carboxylic acids is 1. The highest BCUT2D eigenvalue weighted by atomic mass is 16.2. The number of rotatable bonds is 7. The van der Waals surface area contributed by atoms with E-state index in [0.29, 0.717) is 18.3 Å². The van der Waals surface area contributed by atoms with Crippen molar-refractivity contribution in [3.8, 4) is 0 Å². The predicted molar refractivity (Wildman–Crippen MR) is 108 cm³/mol. The molecule has 0 aliphatic heterocycles. The van der Waals surface area contributed by atoms with Crippen molar-refractivity contribution in [1.29, 1.82) is 0 Å². The average Bonchev–Trinajstić information content (AvgIpc) is 2.98. The van der Waals surface area contributed by atoms with E-state index >= 15 is 0 Å². The SMILES string of the molecule is CN(C)CCNC1CCc2c(c(C(=O)N(C)Cc3ccccc3)nn2C)C1. The topological polar surface area (TPSA) is 53.4 Å². The molecule has 0 radical (unpaired) electrons. The van der Waals surface area contributed by atoms with Crippen molar-refractivity contribution in [3.05, 3.63) is 52.8 Å². The largest absolute Gasteiger partial charge is 0.336 e. The van der Waals surface area contributed by atoms with Crippen LogP contribution in [0, 0.1) is 0 Å². The van der Waals surface area contributed by atoms with E-state index in [0.717, 1.165) is 43.5 Å². The van der Waals surface area contributed by atoms with Gasteiger partial charge in [0.2, 0.25) is 0 Å². The zero-order chi connectivity index (χ0) is 19.4. The highest BCUT2D eigenvalue weighted by Gasteiger charge is 2.29. The van der Waals surface area contributed by atoms with Gasteiger partial charge in [0.15, 0.2) is 5.69 Å². The Morgan fingerprint density at radius 2 is 2.00 bits per heavy atom. The number of hydrogen-bond acceptors (Lipinski definition) is 4.